The molecule has 0 heterocycles. The first-order valence-electron chi connectivity index (χ1n) is 10.8. The summed E-state index contributed by atoms with van der Waals surface area (Å²) in [5.74, 6) is 5.56. The van der Waals surface area contributed by atoms with Gasteiger partial charge in [0.2, 0.25) is 0 Å². The molecule has 5 nitrogen and oxygen atoms in total. The fraction of sp³-hybridized carbons (Fsp3) is 0.296. The summed E-state index contributed by atoms with van der Waals surface area (Å²) in [5, 5.41) is 11.5. The van der Waals surface area contributed by atoms with E-state index in [1.807, 2.05) is 37.3 Å². The second-order valence-corrected chi connectivity index (χ2v) is 11.1. The SMILES string of the molecule is CCCS(=O)(=O)c1cccc(C#Cc2c(OC(C(=O)O)C(C)(C)C)ccc3ccccc23)c1. The summed E-state index contributed by atoms with van der Waals surface area (Å²) < 4.78 is 30.9. The van der Waals surface area contributed by atoms with E-state index in [0.29, 0.717) is 23.3 Å². The van der Waals surface area contributed by atoms with Gasteiger partial charge in [0.05, 0.1) is 16.2 Å². The molecule has 6 heteroatoms. The Bertz CT molecular complexity index is 1340. The van der Waals surface area contributed by atoms with Gasteiger partial charge in [0.25, 0.3) is 0 Å². The maximum atomic E-state index is 12.4. The molecule has 0 bridgehead atoms. The number of hydrogen-bond donors (Lipinski definition) is 1. The van der Waals surface area contributed by atoms with Gasteiger partial charge in [-0.2, -0.15) is 0 Å². The first-order chi connectivity index (χ1) is 15.5. The van der Waals surface area contributed by atoms with Crippen molar-refractivity contribution in [2.45, 2.75) is 45.1 Å². The zero-order valence-corrected chi connectivity index (χ0v) is 20.1. The molecule has 0 fully saturated rings. The Kier molecular flexibility index (Phi) is 7.14. The van der Waals surface area contributed by atoms with E-state index >= 15 is 0 Å². The molecule has 3 rings (SSSR count). The summed E-state index contributed by atoms with van der Waals surface area (Å²) in [6, 6.07) is 17.8. The normalized spacial score (nSPS) is 12.6. The van der Waals surface area contributed by atoms with Crippen LogP contribution in [0.5, 0.6) is 5.75 Å². The molecule has 1 N–H and O–H groups in total. The van der Waals surface area contributed by atoms with Gasteiger partial charge < -0.3 is 9.84 Å². The Morgan fingerprint density at radius 2 is 1.76 bits per heavy atom. The van der Waals surface area contributed by atoms with E-state index in [-0.39, 0.29) is 10.6 Å². The second-order valence-electron chi connectivity index (χ2n) is 8.96. The highest BCUT2D eigenvalue weighted by Gasteiger charge is 2.34. The lowest BCUT2D eigenvalue weighted by Crippen LogP contribution is -2.39. The lowest BCUT2D eigenvalue weighted by Gasteiger charge is -2.28. The fourth-order valence-corrected chi connectivity index (χ4v) is 4.86. The molecule has 0 saturated heterocycles. The predicted molar refractivity (Wildman–Crippen MR) is 130 cm³/mol. The van der Waals surface area contributed by atoms with Gasteiger partial charge in [-0.15, -0.1) is 0 Å². The van der Waals surface area contributed by atoms with Crippen LogP contribution in [0.15, 0.2) is 65.6 Å². The highest BCUT2D eigenvalue weighted by Crippen LogP contribution is 2.32. The zero-order valence-electron chi connectivity index (χ0n) is 19.3. The van der Waals surface area contributed by atoms with Gasteiger partial charge in [0, 0.05) is 16.4 Å². The van der Waals surface area contributed by atoms with Gasteiger partial charge >= 0.3 is 5.97 Å². The van der Waals surface area contributed by atoms with Crippen LogP contribution in [0.4, 0.5) is 0 Å². The number of sulfone groups is 1. The van der Waals surface area contributed by atoms with E-state index in [0.717, 1.165) is 10.8 Å². The van der Waals surface area contributed by atoms with E-state index in [1.165, 1.54) is 0 Å². The van der Waals surface area contributed by atoms with E-state index in [9.17, 15) is 18.3 Å². The van der Waals surface area contributed by atoms with Crippen LogP contribution < -0.4 is 4.74 Å². The maximum Gasteiger partial charge on any atom is 0.345 e. The van der Waals surface area contributed by atoms with Gasteiger partial charge in [0.15, 0.2) is 15.9 Å². The molecule has 0 aliphatic heterocycles. The summed E-state index contributed by atoms with van der Waals surface area (Å²) in [6.45, 7) is 7.24. The zero-order chi connectivity index (χ0) is 24.2. The molecular formula is C27H28O5S. The largest absolute Gasteiger partial charge is 0.478 e. The highest BCUT2D eigenvalue weighted by atomic mass is 32.2. The molecule has 0 radical (unpaired) electrons. The summed E-state index contributed by atoms with van der Waals surface area (Å²) in [4.78, 5) is 12.1. The van der Waals surface area contributed by atoms with Gasteiger partial charge in [-0.25, -0.2) is 13.2 Å². The second kappa shape index (κ2) is 9.68. The van der Waals surface area contributed by atoms with Crippen molar-refractivity contribution < 1.29 is 23.1 Å². The molecule has 0 aromatic heterocycles. The summed E-state index contributed by atoms with van der Waals surface area (Å²) >= 11 is 0. The highest BCUT2D eigenvalue weighted by molar-refractivity contribution is 7.91. The molecule has 3 aromatic carbocycles. The van der Waals surface area contributed by atoms with Crippen molar-refractivity contribution in [1.82, 2.24) is 0 Å². The van der Waals surface area contributed by atoms with E-state index in [4.69, 9.17) is 4.74 Å². The van der Waals surface area contributed by atoms with Crippen LogP contribution in [0.25, 0.3) is 10.8 Å². The predicted octanol–water partition coefficient (Wildman–Crippen LogP) is 5.30. The quantitative estimate of drug-likeness (QED) is 0.501. The Morgan fingerprint density at radius 1 is 1.03 bits per heavy atom. The number of carboxylic acid groups (broad SMARTS) is 1. The monoisotopic (exact) mass is 464 g/mol. The first kappa shape index (κ1) is 24.3. The fourth-order valence-electron chi connectivity index (χ4n) is 3.49. The molecule has 0 aliphatic rings. The standard InChI is InChI=1S/C27H28O5S/c1-5-17-33(30,31)21-11-8-9-19(18-21)13-15-23-22-12-7-6-10-20(22)14-16-24(23)32-25(26(28)29)27(2,3)4/h6-12,14,16,18,25H,5,17H2,1-4H3,(H,28,29). The molecule has 1 unspecified atom stereocenters. The van der Waals surface area contributed by atoms with Crippen molar-refractivity contribution in [2.24, 2.45) is 5.41 Å². The number of aliphatic carboxylic acids is 1. The molecular weight excluding hydrogens is 436 g/mol. The third-order valence-electron chi connectivity index (χ3n) is 5.14. The van der Waals surface area contributed by atoms with Gasteiger partial charge in [-0.3, -0.25) is 0 Å². The molecule has 0 saturated carbocycles. The summed E-state index contributed by atoms with van der Waals surface area (Å²) in [7, 11) is -3.36. The Labute approximate surface area is 195 Å². The molecule has 0 spiro atoms. The maximum absolute atomic E-state index is 12.4. The third-order valence-corrected chi connectivity index (χ3v) is 7.06. The minimum Gasteiger partial charge on any atom is -0.478 e. The number of carboxylic acids is 1. The number of fused-ring (bicyclic) bond motifs is 1. The van der Waals surface area contributed by atoms with Crippen LogP contribution >= 0.6 is 0 Å². The number of benzene rings is 3. The number of rotatable bonds is 6. The van der Waals surface area contributed by atoms with Crippen LogP contribution in [-0.4, -0.2) is 31.4 Å². The van der Waals surface area contributed by atoms with E-state index in [2.05, 4.69) is 11.8 Å². The topological polar surface area (TPSA) is 80.7 Å². The first-order valence-corrected chi connectivity index (χ1v) is 12.4. The van der Waals surface area contributed by atoms with Crippen molar-refractivity contribution in [3.8, 4) is 17.6 Å². The lowest BCUT2D eigenvalue weighted by molar-refractivity contribution is -0.150. The van der Waals surface area contributed by atoms with Crippen LogP contribution in [-0.2, 0) is 14.6 Å². The third kappa shape index (κ3) is 5.74. The Morgan fingerprint density at radius 3 is 2.42 bits per heavy atom. The number of ether oxygens (including phenoxy) is 1. The minimum atomic E-state index is -3.36. The van der Waals surface area contributed by atoms with E-state index < -0.39 is 27.3 Å². The minimum absolute atomic E-state index is 0.0779. The van der Waals surface area contributed by atoms with Crippen molar-refractivity contribution in [3.05, 3.63) is 71.8 Å². The van der Waals surface area contributed by atoms with Crippen molar-refractivity contribution in [1.29, 1.82) is 0 Å². The van der Waals surface area contributed by atoms with E-state index in [1.54, 1.807) is 51.1 Å². The average molecular weight is 465 g/mol. The van der Waals surface area contributed by atoms with Crippen LogP contribution in [0.1, 0.15) is 45.2 Å². The lowest BCUT2D eigenvalue weighted by atomic mass is 9.89. The van der Waals surface area contributed by atoms with Crippen molar-refractivity contribution in [3.63, 3.8) is 0 Å². The van der Waals surface area contributed by atoms with Gasteiger partial charge in [0.1, 0.15) is 5.75 Å². The summed E-state index contributed by atoms with van der Waals surface area (Å²) in [6.07, 6.45) is -0.533. The summed E-state index contributed by atoms with van der Waals surface area (Å²) in [5.41, 5.74) is 0.478. The molecule has 33 heavy (non-hydrogen) atoms. The molecule has 3 aromatic rings. The number of hydrogen-bond acceptors (Lipinski definition) is 4. The van der Waals surface area contributed by atoms with Crippen molar-refractivity contribution >= 4 is 26.6 Å². The molecule has 1 atom stereocenters. The van der Waals surface area contributed by atoms with Gasteiger partial charge in [-0.05, 0) is 36.1 Å². The van der Waals surface area contributed by atoms with Gasteiger partial charge in [-0.1, -0.05) is 75.9 Å². The van der Waals surface area contributed by atoms with Crippen LogP contribution in [0.2, 0.25) is 0 Å². The molecule has 0 aliphatic carbocycles. The Balaban J connectivity index is 2.12. The Hall–Kier alpha value is -3.30. The number of carbonyl (C=O) groups is 1. The van der Waals surface area contributed by atoms with Crippen molar-refractivity contribution in [2.75, 3.05) is 5.75 Å². The molecule has 0 amide bonds. The average Bonchev–Trinajstić information content (AvgIpc) is 2.75. The smallest absolute Gasteiger partial charge is 0.345 e. The molecule has 172 valence electrons. The van der Waals surface area contributed by atoms with Crippen LogP contribution in [0, 0.1) is 17.3 Å². The van der Waals surface area contributed by atoms with Crippen LogP contribution in [0.3, 0.4) is 0 Å².